The molecule has 4 aliphatic rings. The Hall–Kier alpha value is -3.19. The van der Waals surface area contributed by atoms with E-state index in [0.717, 1.165) is 73.3 Å². The van der Waals surface area contributed by atoms with E-state index < -0.39 is 0 Å². The Morgan fingerprint density at radius 3 is 2.85 bits per heavy atom. The fourth-order valence-corrected chi connectivity index (χ4v) is 7.75. The Labute approximate surface area is 244 Å². The number of nitrogens with two attached hydrogens (primary N) is 2. The molecule has 3 aromatic heterocycles. The van der Waals surface area contributed by atoms with Crippen LogP contribution in [0.2, 0.25) is 0 Å². The zero-order valence-electron chi connectivity index (χ0n) is 23.2. The van der Waals surface area contributed by atoms with Crippen LogP contribution in [0.15, 0.2) is 46.7 Å². The van der Waals surface area contributed by atoms with Crippen LogP contribution in [-0.2, 0) is 15.9 Å². The van der Waals surface area contributed by atoms with E-state index in [1.807, 2.05) is 30.7 Å². The molecule has 216 valence electrons. The van der Waals surface area contributed by atoms with Gasteiger partial charge in [-0.2, -0.15) is 0 Å². The maximum absolute atomic E-state index is 6.73. The third kappa shape index (κ3) is 4.86. The van der Waals surface area contributed by atoms with Crippen molar-refractivity contribution in [2.75, 3.05) is 62.3 Å². The van der Waals surface area contributed by atoms with Crippen molar-refractivity contribution in [2.45, 2.75) is 47.7 Å². The monoisotopic (exact) mass is 576 g/mol. The van der Waals surface area contributed by atoms with Crippen LogP contribution in [0, 0.1) is 11.3 Å². The summed E-state index contributed by atoms with van der Waals surface area (Å²) < 4.78 is 16.9. The minimum Gasteiger partial charge on any atom is -0.486 e. The molecular formula is C29H36N8O3S. The molecule has 3 aliphatic heterocycles. The second kappa shape index (κ2) is 10.9. The first kappa shape index (κ1) is 26.7. The van der Waals surface area contributed by atoms with Crippen molar-refractivity contribution in [1.29, 1.82) is 0 Å². The Bertz CT molecular complexity index is 1420. The fraction of sp³-hybridized carbons (Fsp3) is 0.517. The van der Waals surface area contributed by atoms with Gasteiger partial charge in [0.15, 0.2) is 17.4 Å². The van der Waals surface area contributed by atoms with Gasteiger partial charge in [0, 0.05) is 56.8 Å². The summed E-state index contributed by atoms with van der Waals surface area (Å²) in [5.74, 6) is 3.28. The van der Waals surface area contributed by atoms with E-state index in [-0.39, 0.29) is 11.5 Å². The van der Waals surface area contributed by atoms with Crippen LogP contribution < -0.4 is 26.0 Å². The second-order valence-corrected chi connectivity index (χ2v) is 12.6. The van der Waals surface area contributed by atoms with E-state index in [1.165, 1.54) is 17.3 Å². The van der Waals surface area contributed by atoms with Gasteiger partial charge >= 0.3 is 0 Å². The SMILES string of the molecule is COCOC[C@@H]1CC2COc3c(Sc4ncc(N5CCC6(CC5)Cc5ncccc5[C@H]6N)nc4N)ccnc3N2C1. The van der Waals surface area contributed by atoms with E-state index in [9.17, 15) is 0 Å². The molecule has 11 nitrogen and oxygen atoms in total. The highest BCUT2D eigenvalue weighted by molar-refractivity contribution is 7.99. The molecule has 2 saturated heterocycles. The van der Waals surface area contributed by atoms with Crippen LogP contribution >= 0.6 is 11.8 Å². The number of hydrogen-bond acceptors (Lipinski definition) is 12. The topological polar surface area (TPSA) is 138 Å². The smallest absolute Gasteiger partial charge is 0.175 e. The van der Waals surface area contributed by atoms with Gasteiger partial charge in [-0.15, -0.1) is 0 Å². The van der Waals surface area contributed by atoms with Crippen molar-refractivity contribution in [3.8, 4) is 5.75 Å². The first-order valence-electron chi connectivity index (χ1n) is 14.2. The lowest BCUT2D eigenvalue weighted by Crippen LogP contribution is -2.44. The Morgan fingerprint density at radius 2 is 2.05 bits per heavy atom. The van der Waals surface area contributed by atoms with Crippen LogP contribution in [-0.4, -0.2) is 72.7 Å². The van der Waals surface area contributed by atoms with Crippen molar-refractivity contribution >= 4 is 29.2 Å². The van der Waals surface area contributed by atoms with Crippen LogP contribution in [0.5, 0.6) is 5.75 Å². The van der Waals surface area contributed by atoms with Crippen molar-refractivity contribution in [2.24, 2.45) is 17.1 Å². The van der Waals surface area contributed by atoms with Crippen molar-refractivity contribution < 1.29 is 14.2 Å². The lowest BCUT2D eigenvalue weighted by molar-refractivity contribution is -0.0414. The highest BCUT2D eigenvalue weighted by atomic mass is 32.2. The minimum atomic E-state index is 0.0301. The summed E-state index contributed by atoms with van der Waals surface area (Å²) in [5, 5.41) is 0.660. The largest absolute Gasteiger partial charge is 0.486 e. The molecule has 7 rings (SSSR count). The van der Waals surface area contributed by atoms with Gasteiger partial charge in [0.25, 0.3) is 0 Å². The molecular weight excluding hydrogens is 540 g/mol. The van der Waals surface area contributed by atoms with Gasteiger partial charge < -0.3 is 35.5 Å². The summed E-state index contributed by atoms with van der Waals surface area (Å²) in [5.41, 5.74) is 15.6. The first-order chi connectivity index (χ1) is 20.0. The summed E-state index contributed by atoms with van der Waals surface area (Å²) in [6.45, 7) is 4.21. The molecule has 0 amide bonds. The molecule has 2 fully saturated rings. The number of anilines is 3. The van der Waals surface area contributed by atoms with Crippen molar-refractivity contribution in [3.05, 3.63) is 48.0 Å². The highest BCUT2D eigenvalue weighted by Gasteiger charge is 2.46. The number of fused-ring (bicyclic) bond motifs is 4. The van der Waals surface area contributed by atoms with Crippen LogP contribution in [0.4, 0.5) is 17.5 Å². The zero-order chi connectivity index (χ0) is 28.0. The van der Waals surface area contributed by atoms with Crippen LogP contribution in [0.25, 0.3) is 0 Å². The lowest BCUT2D eigenvalue weighted by Gasteiger charge is -2.42. The molecule has 0 radical (unpaired) electrons. The van der Waals surface area contributed by atoms with Gasteiger partial charge in [-0.05, 0) is 48.8 Å². The molecule has 0 bridgehead atoms. The molecule has 0 saturated carbocycles. The molecule has 6 heterocycles. The normalized spacial score (nSPS) is 24.2. The summed E-state index contributed by atoms with van der Waals surface area (Å²) >= 11 is 1.47. The molecule has 3 aromatic rings. The van der Waals surface area contributed by atoms with E-state index in [0.29, 0.717) is 42.8 Å². The molecule has 0 aromatic carbocycles. The number of rotatable bonds is 7. The molecule has 12 heteroatoms. The second-order valence-electron chi connectivity index (χ2n) is 11.5. The molecule has 41 heavy (non-hydrogen) atoms. The standard InChI is InChI=1S/C29H36N8O3S/c1-38-17-39-15-18-11-19-16-40-24-22(4-8-33-27(24)37(19)14-18)41-28-26(31)35-23(13-34-28)36-9-5-29(6-10-36)12-21-20(25(29)30)3-2-7-32-21/h2-4,7-8,13,18-19,25H,5-6,9-12,14-17,30H2,1H3,(H2,31,35)/t18-,19?,25-/m1/s1. The van der Waals surface area contributed by atoms with E-state index in [4.69, 9.17) is 35.6 Å². The molecule has 1 aliphatic carbocycles. The van der Waals surface area contributed by atoms with E-state index in [2.05, 4.69) is 25.8 Å². The maximum atomic E-state index is 6.73. The number of ether oxygens (including phenoxy) is 3. The Balaban J connectivity index is 1.02. The lowest BCUT2D eigenvalue weighted by atomic mass is 9.73. The average Bonchev–Trinajstić information content (AvgIpc) is 3.53. The summed E-state index contributed by atoms with van der Waals surface area (Å²) in [4.78, 5) is 24.3. The quantitative estimate of drug-likeness (QED) is 0.316. The van der Waals surface area contributed by atoms with Crippen LogP contribution in [0.3, 0.4) is 0 Å². The minimum absolute atomic E-state index is 0.0301. The van der Waals surface area contributed by atoms with Gasteiger partial charge in [0.1, 0.15) is 24.2 Å². The van der Waals surface area contributed by atoms with Gasteiger partial charge in [-0.3, -0.25) is 4.98 Å². The molecule has 4 N–H and O–H groups in total. The summed E-state index contributed by atoms with van der Waals surface area (Å²) in [6, 6.07) is 6.39. The number of pyridine rings is 2. The molecule has 1 spiro atoms. The predicted octanol–water partition coefficient (Wildman–Crippen LogP) is 3.05. The van der Waals surface area contributed by atoms with Gasteiger partial charge in [0.05, 0.1) is 23.7 Å². The highest BCUT2D eigenvalue weighted by Crippen LogP contribution is 2.50. The average molecular weight is 577 g/mol. The van der Waals surface area contributed by atoms with E-state index in [1.54, 1.807) is 7.11 Å². The number of nitrogen functional groups attached to an aromatic ring is 1. The van der Waals surface area contributed by atoms with Crippen molar-refractivity contribution in [3.63, 3.8) is 0 Å². The van der Waals surface area contributed by atoms with E-state index >= 15 is 0 Å². The van der Waals surface area contributed by atoms with Gasteiger partial charge in [-0.1, -0.05) is 17.8 Å². The summed E-state index contributed by atoms with van der Waals surface area (Å²) in [7, 11) is 1.64. The fourth-order valence-electron chi connectivity index (χ4n) is 6.91. The Kier molecular flexibility index (Phi) is 7.10. The Morgan fingerprint density at radius 1 is 1.17 bits per heavy atom. The van der Waals surface area contributed by atoms with Crippen LogP contribution in [0.1, 0.15) is 36.6 Å². The number of nitrogens with zero attached hydrogens (tertiary/aromatic N) is 6. The maximum Gasteiger partial charge on any atom is 0.175 e. The first-order valence-corrected chi connectivity index (χ1v) is 15.1. The van der Waals surface area contributed by atoms with Gasteiger partial charge in [0.2, 0.25) is 0 Å². The zero-order valence-corrected chi connectivity index (χ0v) is 24.1. The summed E-state index contributed by atoms with van der Waals surface area (Å²) in [6.07, 6.45) is 9.45. The number of piperidine rings is 1. The molecule has 3 atom stereocenters. The number of hydrogen-bond donors (Lipinski definition) is 2. The third-order valence-corrected chi connectivity index (χ3v) is 10.1. The third-order valence-electron chi connectivity index (χ3n) is 9.08. The number of aromatic nitrogens is 4. The predicted molar refractivity (Wildman–Crippen MR) is 156 cm³/mol. The molecule has 1 unspecified atom stereocenters. The van der Waals surface area contributed by atoms with Gasteiger partial charge in [-0.25, -0.2) is 15.0 Å². The van der Waals surface area contributed by atoms with Crippen molar-refractivity contribution in [1.82, 2.24) is 19.9 Å². The number of methoxy groups -OCH3 is 1.